The van der Waals surface area contributed by atoms with Crippen LogP contribution < -0.4 is 0 Å². The summed E-state index contributed by atoms with van der Waals surface area (Å²) in [5.74, 6) is -0.326. The van der Waals surface area contributed by atoms with E-state index in [2.05, 4.69) is 10.1 Å². The van der Waals surface area contributed by atoms with Crippen molar-refractivity contribution in [2.75, 3.05) is 13.1 Å². The van der Waals surface area contributed by atoms with E-state index in [1.165, 1.54) is 11.3 Å². The standard InChI is InChI=1S/C21H23F3N4OS/c1-20(2,3)16-11-18-25-14(10-17(21(22,23)24)28(18)26-16)13-6-4-8-27(12-13)19(29)15-7-5-9-30-15/h5,7,9-11,13H,4,6,8,12H2,1-3H3/t13-/m0/s1. The number of hydrogen-bond acceptors (Lipinski definition) is 4. The van der Waals surface area contributed by atoms with Crippen LogP contribution >= 0.6 is 11.3 Å². The minimum atomic E-state index is -4.56. The number of amides is 1. The average molecular weight is 437 g/mol. The summed E-state index contributed by atoms with van der Waals surface area (Å²) in [6.07, 6.45) is -3.14. The van der Waals surface area contributed by atoms with Crippen LogP contribution in [0, 0.1) is 0 Å². The number of hydrogen-bond donors (Lipinski definition) is 0. The normalized spacial score (nSPS) is 18.2. The Bertz CT molecular complexity index is 1070. The van der Waals surface area contributed by atoms with Gasteiger partial charge in [-0.3, -0.25) is 4.79 Å². The van der Waals surface area contributed by atoms with Crippen LogP contribution in [0.5, 0.6) is 0 Å². The molecular formula is C21H23F3N4OS. The van der Waals surface area contributed by atoms with Crippen molar-refractivity contribution in [1.29, 1.82) is 0 Å². The summed E-state index contributed by atoms with van der Waals surface area (Å²) < 4.78 is 42.3. The fourth-order valence-electron chi connectivity index (χ4n) is 3.73. The first-order valence-electron chi connectivity index (χ1n) is 9.85. The van der Waals surface area contributed by atoms with Gasteiger partial charge >= 0.3 is 6.18 Å². The molecule has 1 aliphatic rings. The molecule has 0 spiro atoms. The van der Waals surface area contributed by atoms with Gasteiger partial charge in [-0.1, -0.05) is 26.8 Å². The third-order valence-electron chi connectivity index (χ3n) is 5.36. The van der Waals surface area contributed by atoms with Crippen LogP contribution in [0.15, 0.2) is 29.6 Å². The molecule has 1 saturated heterocycles. The van der Waals surface area contributed by atoms with E-state index in [1.807, 2.05) is 32.2 Å². The Labute approximate surface area is 176 Å². The summed E-state index contributed by atoms with van der Waals surface area (Å²) in [6, 6.07) is 6.30. The second kappa shape index (κ2) is 7.37. The van der Waals surface area contributed by atoms with Crippen LogP contribution in [-0.4, -0.2) is 38.5 Å². The molecule has 0 radical (unpaired) electrons. The lowest BCUT2D eigenvalue weighted by Crippen LogP contribution is -2.39. The van der Waals surface area contributed by atoms with Gasteiger partial charge in [0.2, 0.25) is 0 Å². The Hall–Kier alpha value is -2.42. The van der Waals surface area contributed by atoms with Crippen molar-refractivity contribution < 1.29 is 18.0 Å². The van der Waals surface area contributed by atoms with E-state index in [1.54, 1.807) is 17.0 Å². The SMILES string of the molecule is CC(C)(C)c1cc2nc([C@H]3CCCN(C(=O)c4cccs4)C3)cc(C(F)(F)F)n2n1. The Morgan fingerprint density at radius 3 is 2.63 bits per heavy atom. The largest absolute Gasteiger partial charge is 0.433 e. The van der Waals surface area contributed by atoms with Crippen LogP contribution in [0.2, 0.25) is 0 Å². The van der Waals surface area contributed by atoms with E-state index in [-0.39, 0.29) is 17.5 Å². The number of halogens is 3. The molecule has 0 unspecified atom stereocenters. The van der Waals surface area contributed by atoms with Gasteiger partial charge in [-0.2, -0.15) is 18.3 Å². The van der Waals surface area contributed by atoms with E-state index in [4.69, 9.17) is 0 Å². The molecule has 0 N–H and O–H groups in total. The number of likely N-dealkylation sites (tertiary alicyclic amines) is 1. The van der Waals surface area contributed by atoms with Gasteiger partial charge in [-0.05, 0) is 30.4 Å². The molecule has 0 aliphatic carbocycles. The predicted molar refractivity (Wildman–Crippen MR) is 109 cm³/mol. The summed E-state index contributed by atoms with van der Waals surface area (Å²) in [4.78, 5) is 19.6. The van der Waals surface area contributed by atoms with Crippen molar-refractivity contribution in [3.8, 4) is 0 Å². The topological polar surface area (TPSA) is 50.5 Å². The number of rotatable bonds is 2. The molecule has 1 atom stereocenters. The van der Waals surface area contributed by atoms with Crippen molar-refractivity contribution in [3.63, 3.8) is 0 Å². The van der Waals surface area contributed by atoms with Crippen LogP contribution in [0.25, 0.3) is 5.65 Å². The lowest BCUT2D eigenvalue weighted by Gasteiger charge is -2.32. The lowest BCUT2D eigenvalue weighted by molar-refractivity contribution is -0.142. The van der Waals surface area contributed by atoms with Crippen molar-refractivity contribution in [3.05, 3.63) is 51.6 Å². The van der Waals surface area contributed by atoms with Gasteiger partial charge in [-0.25, -0.2) is 9.50 Å². The van der Waals surface area contributed by atoms with Gasteiger partial charge in [0.15, 0.2) is 5.65 Å². The summed E-state index contributed by atoms with van der Waals surface area (Å²) in [5, 5.41) is 6.02. The zero-order valence-electron chi connectivity index (χ0n) is 17.0. The highest BCUT2D eigenvalue weighted by Crippen LogP contribution is 2.35. The minimum absolute atomic E-state index is 0.0776. The van der Waals surface area contributed by atoms with Crippen LogP contribution in [0.1, 0.15) is 66.3 Å². The summed E-state index contributed by atoms with van der Waals surface area (Å²) >= 11 is 1.37. The first-order chi connectivity index (χ1) is 14.0. The molecule has 0 bridgehead atoms. The van der Waals surface area contributed by atoms with Crippen LogP contribution in [0.4, 0.5) is 13.2 Å². The molecule has 0 saturated carbocycles. The van der Waals surface area contributed by atoms with Crippen molar-refractivity contribution in [1.82, 2.24) is 19.5 Å². The maximum atomic E-state index is 13.8. The Morgan fingerprint density at radius 1 is 1.23 bits per heavy atom. The smallest absolute Gasteiger partial charge is 0.337 e. The number of thiophene rings is 1. The molecule has 4 heterocycles. The highest BCUT2D eigenvalue weighted by Gasteiger charge is 2.37. The number of alkyl halides is 3. The molecule has 1 amide bonds. The monoisotopic (exact) mass is 436 g/mol. The third-order valence-corrected chi connectivity index (χ3v) is 6.22. The van der Waals surface area contributed by atoms with E-state index >= 15 is 0 Å². The number of nitrogens with zero attached hydrogens (tertiary/aromatic N) is 4. The minimum Gasteiger partial charge on any atom is -0.337 e. The van der Waals surface area contributed by atoms with Crippen LogP contribution in [-0.2, 0) is 11.6 Å². The highest BCUT2D eigenvalue weighted by atomic mass is 32.1. The highest BCUT2D eigenvalue weighted by molar-refractivity contribution is 7.12. The first-order valence-corrected chi connectivity index (χ1v) is 10.7. The number of carbonyl (C=O) groups excluding carboxylic acids is 1. The maximum Gasteiger partial charge on any atom is 0.433 e. The number of piperidine rings is 1. The molecule has 1 fully saturated rings. The van der Waals surface area contributed by atoms with Gasteiger partial charge in [0, 0.05) is 36.2 Å². The molecule has 1 aliphatic heterocycles. The Balaban J connectivity index is 1.72. The average Bonchev–Trinajstić information content (AvgIpc) is 3.35. The molecular weight excluding hydrogens is 413 g/mol. The second-order valence-electron chi connectivity index (χ2n) is 8.68. The van der Waals surface area contributed by atoms with Crippen LogP contribution in [0.3, 0.4) is 0 Å². The molecule has 30 heavy (non-hydrogen) atoms. The molecule has 160 valence electrons. The van der Waals surface area contributed by atoms with Crippen molar-refractivity contribution in [2.24, 2.45) is 0 Å². The zero-order valence-corrected chi connectivity index (χ0v) is 17.8. The van der Waals surface area contributed by atoms with Gasteiger partial charge in [-0.15, -0.1) is 11.3 Å². The Kier molecular flexibility index (Phi) is 5.12. The van der Waals surface area contributed by atoms with E-state index < -0.39 is 17.3 Å². The molecule has 4 rings (SSSR count). The predicted octanol–water partition coefficient (Wildman–Crippen LogP) is 5.13. The van der Waals surface area contributed by atoms with E-state index in [9.17, 15) is 18.0 Å². The maximum absolute atomic E-state index is 13.8. The molecule has 3 aromatic heterocycles. The molecule has 5 nitrogen and oxygen atoms in total. The number of carbonyl (C=O) groups is 1. The third kappa shape index (κ3) is 3.95. The zero-order chi connectivity index (χ0) is 21.7. The molecule has 0 aromatic carbocycles. The Morgan fingerprint density at radius 2 is 2.00 bits per heavy atom. The molecule has 9 heteroatoms. The number of fused-ring (bicyclic) bond motifs is 1. The van der Waals surface area contributed by atoms with E-state index in [0.717, 1.165) is 17.0 Å². The quantitative estimate of drug-likeness (QED) is 0.560. The van der Waals surface area contributed by atoms with Crippen molar-refractivity contribution in [2.45, 2.75) is 51.1 Å². The summed E-state index contributed by atoms with van der Waals surface area (Å²) in [7, 11) is 0. The summed E-state index contributed by atoms with van der Waals surface area (Å²) in [6.45, 7) is 6.66. The lowest BCUT2D eigenvalue weighted by atomic mass is 9.92. The fraction of sp³-hybridized carbons (Fsp3) is 0.476. The molecule has 3 aromatic rings. The van der Waals surface area contributed by atoms with Gasteiger partial charge < -0.3 is 4.90 Å². The van der Waals surface area contributed by atoms with Crippen molar-refractivity contribution >= 4 is 22.9 Å². The van der Waals surface area contributed by atoms with Gasteiger partial charge in [0.05, 0.1) is 10.6 Å². The van der Waals surface area contributed by atoms with E-state index in [0.29, 0.717) is 35.8 Å². The summed E-state index contributed by atoms with van der Waals surface area (Å²) in [5.41, 5.74) is -0.133. The second-order valence-corrected chi connectivity index (χ2v) is 9.63. The first kappa shape index (κ1) is 20.8. The fourth-order valence-corrected chi connectivity index (χ4v) is 4.42. The van der Waals surface area contributed by atoms with Gasteiger partial charge in [0.25, 0.3) is 5.91 Å². The number of aromatic nitrogens is 3. The van der Waals surface area contributed by atoms with Gasteiger partial charge in [0.1, 0.15) is 5.69 Å².